The Morgan fingerprint density at radius 2 is 2.20 bits per heavy atom. The third-order valence-electron chi connectivity index (χ3n) is 4.14. The third-order valence-corrected chi connectivity index (χ3v) is 5.66. The minimum atomic E-state index is -3.61. The second kappa shape index (κ2) is 5.28. The maximum absolute atomic E-state index is 12.5. The van der Waals surface area contributed by atoms with Crippen molar-refractivity contribution >= 4 is 15.7 Å². The summed E-state index contributed by atoms with van der Waals surface area (Å²) in [5, 5.41) is 0. The average Bonchev–Trinajstić information content (AvgIpc) is 3.04. The number of hydrogen-bond acceptors (Lipinski definition) is 6. The van der Waals surface area contributed by atoms with Crippen LogP contribution in [0.4, 0.5) is 5.69 Å². The van der Waals surface area contributed by atoms with Crippen molar-refractivity contribution in [1.29, 1.82) is 0 Å². The van der Waals surface area contributed by atoms with Crippen molar-refractivity contribution in [1.82, 2.24) is 14.6 Å². The molecule has 2 aliphatic heterocycles. The molecular formula is C12H19N5O2S. The number of nitrogens with two attached hydrogens (primary N) is 1. The highest BCUT2D eigenvalue weighted by molar-refractivity contribution is 7.89. The van der Waals surface area contributed by atoms with Gasteiger partial charge in [-0.25, -0.2) is 13.1 Å². The molecular weight excluding hydrogens is 278 g/mol. The molecule has 1 aromatic rings. The minimum Gasteiger partial charge on any atom is -0.323 e. The lowest BCUT2D eigenvalue weighted by Gasteiger charge is -2.21. The fourth-order valence-electron chi connectivity index (χ4n) is 3.20. The maximum Gasteiger partial charge on any atom is 0.244 e. The van der Waals surface area contributed by atoms with E-state index in [1.54, 1.807) is 6.07 Å². The number of anilines is 1. The number of hydrogen-bond donors (Lipinski definition) is 3. The van der Waals surface area contributed by atoms with Crippen molar-refractivity contribution in [2.75, 3.05) is 18.5 Å². The average molecular weight is 297 g/mol. The van der Waals surface area contributed by atoms with Crippen molar-refractivity contribution in [2.45, 2.75) is 36.2 Å². The molecule has 0 spiro atoms. The number of hydrazine groups is 1. The highest BCUT2D eigenvalue weighted by Crippen LogP contribution is 2.29. The first-order valence-corrected chi connectivity index (χ1v) is 8.27. The van der Waals surface area contributed by atoms with Crippen molar-refractivity contribution in [3.63, 3.8) is 0 Å². The van der Waals surface area contributed by atoms with Gasteiger partial charge in [0.05, 0.1) is 5.69 Å². The second-order valence-corrected chi connectivity index (χ2v) is 6.96. The highest BCUT2D eigenvalue weighted by Gasteiger charge is 2.39. The van der Waals surface area contributed by atoms with Crippen LogP contribution in [-0.4, -0.2) is 43.5 Å². The molecule has 0 bridgehead atoms. The third kappa shape index (κ3) is 2.39. The van der Waals surface area contributed by atoms with Crippen LogP contribution in [0.2, 0.25) is 0 Å². The van der Waals surface area contributed by atoms with Crippen molar-refractivity contribution < 1.29 is 8.42 Å². The first-order valence-electron chi connectivity index (χ1n) is 6.79. The Kier molecular flexibility index (Phi) is 3.63. The summed E-state index contributed by atoms with van der Waals surface area (Å²) in [7, 11) is -3.61. The molecule has 4 N–H and O–H groups in total. The second-order valence-electron chi connectivity index (χ2n) is 5.28. The number of pyridine rings is 1. The van der Waals surface area contributed by atoms with Gasteiger partial charge >= 0.3 is 0 Å². The zero-order valence-corrected chi connectivity index (χ0v) is 11.9. The van der Waals surface area contributed by atoms with Gasteiger partial charge in [0.25, 0.3) is 0 Å². The monoisotopic (exact) mass is 297 g/mol. The van der Waals surface area contributed by atoms with Gasteiger partial charge < -0.3 is 5.43 Å². The highest BCUT2D eigenvalue weighted by atomic mass is 32.2. The van der Waals surface area contributed by atoms with E-state index < -0.39 is 10.0 Å². The Labute approximate surface area is 118 Å². The van der Waals surface area contributed by atoms with Crippen LogP contribution in [0.5, 0.6) is 0 Å². The fourth-order valence-corrected chi connectivity index (χ4v) is 4.61. The van der Waals surface area contributed by atoms with E-state index in [9.17, 15) is 8.42 Å². The lowest BCUT2D eigenvalue weighted by Crippen LogP contribution is -2.42. The van der Waals surface area contributed by atoms with Gasteiger partial charge in [0.2, 0.25) is 10.0 Å². The molecule has 3 heterocycles. The molecule has 7 nitrogen and oxygen atoms in total. The molecule has 2 atom stereocenters. The lowest BCUT2D eigenvalue weighted by atomic mass is 10.1. The predicted octanol–water partition coefficient (Wildman–Crippen LogP) is -0.118. The summed E-state index contributed by atoms with van der Waals surface area (Å²) in [6.07, 6.45) is 5.88. The Hall–Kier alpha value is -1.22. The van der Waals surface area contributed by atoms with E-state index in [0.717, 1.165) is 32.4 Å². The molecule has 20 heavy (non-hydrogen) atoms. The van der Waals surface area contributed by atoms with Crippen LogP contribution in [-0.2, 0) is 10.0 Å². The quantitative estimate of drug-likeness (QED) is 0.529. The molecule has 0 saturated carbocycles. The van der Waals surface area contributed by atoms with Gasteiger partial charge in [-0.3, -0.25) is 15.7 Å². The lowest BCUT2D eigenvalue weighted by molar-refractivity contribution is 0.309. The van der Waals surface area contributed by atoms with E-state index in [-0.39, 0.29) is 10.9 Å². The van der Waals surface area contributed by atoms with E-state index >= 15 is 0 Å². The summed E-state index contributed by atoms with van der Waals surface area (Å²) in [5.41, 5.74) is 2.76. The molecule has 0 radical (unpaired) electrons. The SMILES string of the molecule is NNc1ccncc1S(=O)(=O)NC1CCN2CCCC12. The number of nitrogens with one attached hydrogen (secondary N) is 2. The van der Waals surface area contributed by atoms with Crippen LogP contribution < -0.4 is 16.0 Å². The van der Waals surface area contributed by atoms with E-state index in [0.29, 0.717) is 11.7 Å². The molecule has 3 rings (SSSR count). The minimum absolute atomic E-state index is 0.0201. The first kappa shape index (κ1) is 13.7. The number of rotatable bonds is 4. The number of aromatic nitrogens is 1. The molecule has 2 fully saturated rings. The standard InChI is InChI=1S/C12H19N5O2S/c13-15-10-3-5-14-8-12(10)20(18,19)16-9-4-7-17-6-1-2-11(9)17/h3,5,8-9,11,16H,1-2,4,6-7,13H2,(H,14,15). The normalized spacial score (nSPS) is 26.6. The van der Waals surface area contributed by atoms with Crippen LogP contribution >= 0.6 is 0 Å². The zero-order valence-electron chi connectivity index (χ0n) is 11.1. The van der Waals surface area contributed by atoms with Crippen LogP contribution in [0.25, 0.3) is 0 Å². The molecule has 8 heteroatoms. The predicted molar refractivity (Wildman–Crippen MR) is 75.4 cm³/mol. The van der Waals surface area contributed by atoms with Gasteiger partial charge in [0.15, 0.2) is 0 Å². The van der Waals surface area contributed by atoms with E-state index in [2.05, 4.69) is 20.0 Å². The first-order chi connectivity index (χ1) is 9.62. The van der Waals surface area contributed by atoms with Crippen LogP contribution in [0, 0.1) is 0 Å². The Morgan fingerprint density at radius 1 is 1.35 bits per heavy atom. The molecule has 1 aromatic heterocycles. The Morgan fingerprint density at radius 3 is 3.00 bits per heavy atom. The molecule has 110 valence electrons. The summed E-state index contributed by atoms with van der Waals surface area (Å²) < 4.78 is 27.8. The summed E-state index contributed by atoms with van der Waals surface area (Å²) in [6.45, 7) is 2.04. The molecule has 0 aliphatic carbocycles. The van der Waals surface area contributed by atoms with Gasteiger partial charge in [0.1, 0.15) is 4.90 Å². The number of fused-ring (bicyclic) bond motifs is 1. The summed E-state index contributed by atoms with van der Waals surface area (Å²) in [6, 6.07) is 1.86. The zero-order chi connectivity index (χ0) is 14.2. The molecule has 0 aromatic carbocycles. The van der Waals surface area contributed by atoms with Gasteiger partial charge in [-0.15, -0.1) is 0 Å². The van der Waals surface area contributed by atoms with Crippen molar-refractivity contribution in [2.24, 2.45) is 5.84 Å². The fraction of sp³-hybridized carbons (Fsp3) is 0.583. The Bertz CT molecular complexity index is 591. The summed E-state index contributed by atoms with van der Waals surface area (Å²) in [4.78, 5) is 6.33. The van der Waals surface area contributed by atoms with E-state index in [1.165, 1.54) is 12.4 Å². The van der Waals surface area contributed by atoms with Crippen LogP contribution in [0.3, 0.4) is 0 Å². The number of sulfonamides is 1. The maximum atomic E-state index is 12.5. The molecule has 2 unspecified atom stereocenters. The van der Waals surface area contributed by atoms with Gasteiger partial charge in [-0.05, 0) is 31.9 Å². The van der Waals surface area contributed by atoms with Crippen molar-refractivity contribution in [3.8, 4) is 0 Å². The van der Waals surface area contributed by atoms with E-state index in [1.807, 2.05) is 0 Å². The number of nitrogens with zero attached hydrogens (tertiary/aromatic N) is 2. The molecule has 2 saturated heterocycles. The van der Waals surface area contributed by atoms with Crippen molar-refractivity contribution in [3.05, 3.63) is 18.5 Å². The topological polar surface area (TPSA) is 100 Å². The van der Waals surface area contributed by atoms with Crippen LogP contribution in [0.1, 0.15) is 19.3 Å². The van der Waals surface area contributed by atoms with Gasteiger partial charge in [0, 0.05) is 31.0 Å². The molecule has 0 amide bonds. The smallest absolute Gasteiger partial charge is 0.244 e. The number of nitrogen functional groups attached to an aromatic ring is 1. The Balaban J connectivity index is 1.82. The van der Waals surface area contributed by atoms with Gasteiger partial charge in [-0.1, -0.05) is 0 Å². The van der Waals surface area contributed by atoms with Crippen LogP contribution in [0.15, 0.2) is 23.4 Å². The largest absolute Gasteiger partial charge is 0.323 e. The van der Waals surface area contributed by atoms with Gasteiger partial charge in [-0.2, -0.15) is 0 Å². The summed E-state index contributed by atoms with van der Waals surface area (Å²) >= 11 is 0. The summed E-state index contributed by atoms with van der Waals surface area (Å²) in [5.74, 6) is 5.36. The molecule has 2 aliphatic rings. The van der Waals surface area contributed by atoms with E-state index in [4.69, 9.17) is 5.84 Å².